The number of rotatable bonds is 0. The fourth-order valence-electron chi connectivity index (χ4n) is 5.03. The van der Waals surface area contributed by atoms with E-state index < -0.39 is 14.1 Å². The molecule has 1 saturated heterocycles. The third-order valence-electron chi connectivity index (χ3n) is 5.75. The zero-order valence-electron chi connectivity index (χ0n) is 9.55. The number of hydrogen-bond donors (Lipinski definition) is 0. The fourth-order valence-corrected chi connectivity index (χ4v) is 8.11. The van der Waals surface area contributed by atoms with Gasteiger partial charge in [-0.1, -0.05) is 46.4 Å². The predicted octanol–water partition coefficient (Wildman–Crippen LogP) is 3.66. The van der Waals surface area contributed by atoms with Crippen LogP contribution in [-0.2, 0) is 9.53 Å². The molecule has 8 heteroatoms. The van der Waals surface area contributed by atoms with Gasteiger partial charge in [-0.25, -0.2) is 0 Å². The summed E-state index contributed by atoms with van der Waals surface area (Å²) in [5.74, 6) is -1.18. The van der Waals surface area contributed by atoms with Crippen LogP contribution in [0.15, 0.2) is 10.1 Å². The van der Waals surface area contributed by atoms with E-state index in [1.807, 2.05) is 0 Å². The van der Waals surface area contributed by atoms with E-state index >= 15 is 0 Å². The van der Waals surface area contributed by atoms with Crippen LogP contribution in [0.2, 0.25) is 0 Å². The summed E-state index contributed by atoms with van der Waals surface area (Å²) in [5, 5.41) is 0.333. The van der Waals surface area contributed by atoms with Crippen LogP contribution >= 0.6 is 69.6 Å². The number of Topliss-reactive ketones (excluding diaryl/α,β-unsaturated/α-hetero) is 1. The summed E-state index contributed by atoms with van der Waals surface area (Å²) in [6.07, 6.45) is -0.173. The smallest absolute Gasteiger partial charge is 0.166 e. The van der Waals surface area contributed by atoms with Gasteiger partial charge in [-0.2, -0.15) is 0 Å². The van der Waals surface area contributed by atoms with Crippen LogP contribution in [0, 0.1) is 23.7 Å². The summed E-state index contributed by atoms with van der Waals surface area (Å²) in [4.78, 5) is 9.81. The predicted molar refractivity (Wildman–Crippen MR) is 78.0 cm³/mol. The molecule has 0 aromatic rings. The van der Waals surface area contributed by atoms with Crippen molar-refractivity contribution in [2.75, 3.05) is 0 Å². The Balaban J connectivity index is 1.82. The molecule has 0 aromatic carbocycles. The van der Waals surface area contributed by atoms with Crippen LogP contribution in [0.25, 0.3) is 0 Å². The van der Waals surface area contributed by atoms with Crippen molar-refractivity contribution in [2.24, 2.45) is 23.7 Å². The van der Waals surface area contributed by atoms with Crippen LogP contribution in [0.5, 0.6) is 0 Å². The van der Waals surface area contributed by atoms with Gasteiger partial charge in [-0.3, -0.25) is 4.79 Å². The number of hydrogen-bond acceptors (Lipinski definition) is 2. The summed E-state index contributed by atoms with van der Waals surface area (Å²) in [6, 6.07) is 0. The monoisotopic (exact) mass is 392 g/mol. The second-order valence-electron chi connectivity index (χ2n) is 6.20. The Bertz CT molecular complexity index is 583. The average molecular weight is 395 g/mol. The van der Waals surface area contributed by atoms with Gasteiger partial charge < -0.3 is 4.74 Å². The minimum absolute atomic E-state index is 0.0867. The number of halogens is 6. The summed E-state index contributed by atoms with van der Waals surface area (Å²) in [5.41, 5.74) is 0. The molecule has 5 rings (SSSR count). The van der Waals surface area contributed by atoms with Gasteiger partial charge in [0.05, 0.1) is 34.1 Å². The van der Waals surface area contributed by atoms with Gasteiger partial charge in [-0.05, 0) is 0 Å². The summed E-state index contributed by atoms with van der Waals surface area (Å²) in [6.45, 7) is 0. The number of ether oxygens (including phenoxy) is 1. The van der Waals surface area contributed by atoms with Gasteiger partial charge in [0.2, 0.25) is 0 Å². The largest absolute Gasteiger partial charge is 0.368 e. The highest BCUT2D eigenvalue weighted by molar-refractivity contribution is 6.65. The van der Waals surface area contributed by atoms with Crippen molar-refractivity contribution in [1.82, 2.24) is 0 Å². The van der Waals surface area contributed by atoms with E-state index in [9.17, 15) is 4.79 Å². The average Bonchev–Trinajstić information content (AvgIpc) is 3.01. The van der Waals surface area contributed by atoms with Crippen LogP contribution in [0.1, 0.15) is 0 Å². The first-order chi connectivity index (χ1) is 9.20. The highest BCUT2D eigenvalue weighted by Crippen LogP contribution is 2.83. The third-order valence-corrected chi connectivity index (χ3v) is 10.0. The number of allylic oxidation sites excluding steroid dienone is 2. The lowest BCUT2D eigenvalue weighted by atomic mass is 9.73. The molecule has 4 bridgehead atoms. The van der Waals surface area contributed by atoms with Crippen LogP contribution < -0.4 is 0 Å². The van der Waals surface area contributed by atoms with Gasteiger partial charge in [0.1, 0.15) is 15.5 Å². The quantitative estimate of drug-likeness (QED) is 0.356. The lowest BCUT2D eigenvalue weighted by Crippen LogP contribution is -2.47. The van der Waals surface area contributed by atoms with E-state index in [2.05, 4.69) is 0 Å². The first-order valence-corrected chi connectivity index (χ1v) is 8.48. The molecule has 5 aliphatic rings. The Morgan fingerprint density at radius 2 is 1.25 bits per heavy atom. The van der Waals surface area contributed by atoms with Gasteiger partial charge in [0, 0.05) is 11.8 Å². The molecular weight excluding hydrogens is 389 g/mol. The highest BCUT2D eigenvalue weighted by atomic mass is 35.5. The van der Waals surface area contributed by atoms with E-state index in [1.54, 1.807) is 0 Å². The van der Waals surface area contributed by atoms with E-state index in [-0.39, 0.29) is 51.7 Å². The maximum atomic E-state index is 12.5. The molecular formula is C12H6Cl6O2. The molecule has 0 N–H and O–H groups in total. The van der Waals surface area contributed by atoms with E-state index in [0.717, 1.165) is 0 Å². The summed E-state index contributed by atoms with van der Waals surface area (Å²) >= 11 is 39.1. The normalized spacial score (nSPS) is 64.0. The molecule has 20 heavy (non-hydrogen) atoms. The van der Waals surface area contributed by atoms with Crippen molar-refractivity contribution in [3.8, 4) is 0 Å². The van der Waals surface area contributed by atoms with Crippen molar-refractivity contribution < 1.29 is 9.53 Å². The number of epoxide rings is 1. The highest BCUT2D eigenvalue weighted by Gasteiger charge is 2.91. The van der Waals surface area contributed by atoms with Gasteiger partial charge in [0.25, 0.3) is 0 Å². The maximum Gasteiger partial charge on any atom is 0.166 e. The van der Waals surface area contributed by atoms with Gasteiger partial charge in [0.15, 0.2) is 4.33 Å². The van der Waals surface area contributed by atoms with Crippen LogP contribution in [-0.4, -0.2) is 32.1 Å². The van der Waals surface area contributed by atoms with Crippen LogP contribution in [0.4, 0.5) is 0 Å². The molecule has 1 heterocycles. The molecule has 108 valence electrons. The number of ketones is 1. The molecule has 0 unspecified atom stereocenters. The maximum absolute atomic E-state index is 12.5. The molecule has 2 nitrogen and oxygen atoms in total. The van der Waals surface area contributed by atoms with Gasteiger partial charge >= 0.3 is 0 Å². The van der Waals surface area contributed by atoms with E-state index in [4.69, 9.17) is 74.3 Å². The second kappa shape index (κ2) is 3.31. The molecule has 1 aliphatic heterocycles. The topological polar surface area (TPSA) is 29.6 Å². The SMILES string of the molecule is O=C1[C@@H]2[C@@H]3O[C@@H]3[C@@H]1[C@@H]1[C@@H]2[C@]2(Cl)C(Cl)=C(Cl)[C@]1(Cl)C2(Cl)Cl. The van der Waals surface area contributed by atoms with Crippen molar-refractivity contribution in [3.63, 3.8) is 0 Å². The number of fused-ring (bicyclic) bond motifs is 12. The standard InChI is InChI=1S/C12H6Cl6O2/c13-8-9(14)11(16)4-2-5(19)1(6-7(2)20-6)3(4)10(8,15)12(11,17)18/h1-4,6-7H/t1-,2-,3-,4-,6-,7+,10+,11+/m1/s1. The molecule has 3 saturated carbocycles. The Hall–Kier alpha value is 1.11. The summed E-state index contributed by atoms with van der Waals surface area (Å²) < 4.78 is 4.03. The second-order valence-corrected chi connectivity index (χ2v) is 9.47. The Kier molecular flexibility index (Phi) is 2.24. The van der Waals surface area contributed by atoms with Crippen molar-refractivity contribution >= 4 is 75.4 Å². The van der Waals surface area contributed by atoms with Crippen molar-refractivity contribution in [2.45, 2.75) is 26.3 Å². The van der Waals surface area contributed by atoms with Crippen molar-refractivity contribution in [1.29, 1.82) is 0 Å². The first kappa shape index (κ1) is 13.5. The fraction of sp³-hybridized carbons (Fsp3) is 0.750. The molecule has 4 fully saturated rings. The zero-order valence-corrected chi connectivity index (χ0v) is 14.1. The van der Waals surface area contributed by atoms with Crippen molar-refractivity contribution in [3.05, 3.63) is 10.1 Å². The number of carbonyl (C=O) groups excluding carboxylic acids is 1. The summed E-state index contributed by atoms with van der Waals surface area (Å²) in [7, 11) is 0. The first-order valence-electron chi connectivity index (χ1n) is 6.21. The molecule has 0 amide bonds. The molecule has 0 spiro atoms. The van der Waals surface area contributed by atoms with Gasteiger partial charge in [-0.15, -0.1) is 23.2 Å². The zero-order chi connectivity index (χ0) is 14.4. The minimum atomic E-state index is -1.54. The lowest BCUT2D eigenvalue weighted by Gasteiger charge is -2.36. The van der Waals surface area contributed by atoms with E-state index in [0.29, 0.717) is 0 Å². The Morgan fingerprint density at radius 1 is 0.850 bits per heavy atom. The Labute approximate surface area is 144 Å². The third kappa shape index (κ3) is 0.953. The molecule has 4 aliphatic carbocycles. The Morgan fingerprint density at radius 3 is 1.65 bits per heavy atom. The molecule has 0 radical (unpaired) electrons. The number of alkyl halides is 4. The number of carbonyl (C=O) groups is 1. The van der Waals surface area contributed by atoms with Crippen LogP contribution in [0.3, 0.4) is 0 Å². The molecule has 8 atom stereocenters. The van der Waals surface area contributed by atoms with E-state index in [1.165, 1.54) is 0 Å². The minimum Gasteiger partial charge on any atom is -0.368 e. The molecule has 0 aromatic heterocycles. The lowest BCUT2D eigenvalue weighted by molar-refractivity contribution is -0.125.